The standard InChI is InChI=1S/C30H35N10O11S.O.Tc.H2/c31-17(25(45)37-19(9-21(42)43)26(46)38-20(12-52)29(50)51)7-5-16(41)6-8-18(28(48)49)36-24(44)13-1-3-14(4-2-13)33-10-15-11-34-23-22(35-15)27(47)40-30(32)39-23;;;/h1-4,11,17-20,31H,5-10,12H2,(H11,32,33,34,36,37,38,39,40,42,43,44,45,46,47,48,49,50,51,52);;;1H/q-1;;+4;/p-3/t17-,18+,19-,20-;;;/m0.../s1/i;;1+1;. The molecule has 3 amide bonds. The number of carboxylic acids is 3. The molecule has 1 aromatic carbocycles. The van der Waals surface area contributed by atoms with Crippen LogP contribution in [0.1, 0.15) is 49.6 Å². The molecule has 0 fully saturated rings. The van der Waals surface area contributed by atoms with Crippen molar-refractivity contribution >= 4 is 76.8 Å². The normalized spacial score (nSPS) is 12.8. The number of aliphatic carboxylic acids is 3. The molecule has 0 saturated heterocycles. The van der Waals surface area contributed by atoms with Gasteiger partial charge in [0.15, 0.2) is 11.2 Å². The number of aromatic amines is 1. The zero-order valence-corrected chi connectivity index (χ0v) is 30.4. The summed E-state index contributed by atoms with van der Waals surface area (Å²) >= 11 is 5.49. The van der Waals surface area contributed by atoms with E-state index in [9.17, 15) is 43.5 Å². The van der Waals surface area contributed by atoms with E-state index in [1.807, 2.05) is 0 Å². The van der Waals surface area contributed by atoms with E-state index in [0.29, 0.717) is 11.4 Å². The zero-order chi connectivity index (χ0) is 40.5. The summed E-state index contributed by atoms with van der Waals surface area (Å²) in [6.07, 6.45) is -1.04. The van der Waals surface area contributed by atoms with Crippen molar-refractivity contribution in [2.45, 2.75) is 62.8 Å². The Balaban J connectivity index is 0.00000496. The molecule has 0 aliphatic carbocycles. The van der Waals surface area contributed by atoms with Crippen LogP contribution in [0.15, 0.2) is 35.3 Å². The monoisotopic (exact) mass is 857 g/mol. The van der Waals surface area contributed by atoms with Crippen molar-refractivity contribution in [3.63, 3.8) is 0 Å². The zero-order valence-electron chi connectivity index (χ0n) is 27.8. The van der Waals surface area contributed by atoms with Gasteiger partial charge in [0.1, 0.15) is 11.8 Å². The van der Waals surface area contributed by atoms with E-state index in [2.05, 4.69) is 53.8 Å². The molecule has 3 rings (SSSR count). The Bertz CT molecular complexity index is 1920. The van der Waals surface area contributed by atoms with Crippen LogP contribution in [0.25, 0.3) is 27.5 Å². The van der Waals surface area contributed by atoms with Gasteiger partial charge in [0, 0.05) is 43.8 Å². The molecule has 4 atom stereocenters. The number of nitrogen functional groups attached to an aromatic ring is 1. The number of rotatable bonds is 20. The Morgan fingerprint density at radius 2 is 1.57 bits per heavy atom. The van der Waals surface area contributed by atoms with Gasteiger partial charge in [0.2, 0.25) is 5.95 Å². The van der Waals surface area contributed by atoms with Crippen LogP contribution >= 0.6 is 0 Å². The number of hydrogen-bond donors (Lipinski definition) is 7. The molecule has 3 aromatic rings. The van der Waals surface area contributed by atoms with E-state index >= 15 is 0 Å². The van der Waals surface area contributed by atoms with Gasteiger partial charge in [-0.15, -0.1) is 0 Å². The number of fused-ring (bicyclic) bond motifs is 1. The van der Waals surface area contributed by atoms with E-state index in [1.165, 1.54) is 18.3 Å². The van der Waals surface area contributed by atoms with Crippen molar-refractivity contribution in [1.82, 2.24) is 25.3 Å². The molecule has 289 valence electrons. The predicted octanol–water partition coefficient (Wildman–Crippen LogP) is 0.409. The first-order chi connectivity index (χ1) is 25.6. The Labute approximate surface area is 322 Å². The van der Waals surface area contributed by atoms with Crippen LogP contribution in [-0.2, 0) is 70.3 Å². The fraction of sp³-hybridized carbons (Fsp3) is 0.367. The number of ketones is 1. The summed E-state index contributed by atoms with van der Waals surface area (Å²) in [5, 5.41) is 39.7. The van der Waals surface area contributed by atoms with Crippen LogP contribution in [-0.4, -0.2) is 107 Å². The van der Waals surface area contributed by atoms with E-state index in [0.717, 1.165) is 18.9 Å². The first-order valence-corrected chi connectivity index (χ1v) is 16.7. The predicted molar refractivity (Wildman–Crippen MR) is 186 cm³/mol. The number of hydrogen-bond acceptors (Lipinski definition) is 15. The number of H-pyrrole nitrogens is 1. The van der Waals surface area contributed by atoms with Gasteiger partial charge in [-0.1, -0.05) is 18.5 Å². The number of carbonyl (C=O) groups excluding carboxylic acids is 4. The van der Waals surface area contributed by atoms with Crippen molar-refractivity contribution in [2.75, 3.05) is 16.8 Å². The van der Waals surface area contributed by atoms with Gasteiger partial charge in [-0.25, -0.2) is 14.8 Å². The number of nitrogens with two attached hydrogens (primary N) is 1. The van der Waals surface area contributed by atoms with Crippen LogP contribution in [0.4, 0.5) is 11.6 Å². The number of nitrogens with zero attached hydrogens (tertiary/aromatic N) is 5. The summed E-state index contributed by atoms with van der Waals surface area (Å²) < 4.78 is 8.22. The van der Waals surface area contributed by atoms with Gasteiger partial charge in [-0.3, -0.25) is 29.0 Å². The Morgan fingerprint density at radius 3 is 2.17 bits per heavy atom. The average molecular weight is 858 g/mol. The van der Waals surface area contributed by atoms with E-state index < -0.39 is 89.7 Å². The van der Waals surface area contributed by atoms with Gasteiger partial charge in [-0.05, 0) is 36.7 Å². The second-order valence-corrected chi connectivity index (χ2v) is 11.4. The minimum atomic E-state index is -1.90. The summed E-state index contributed by atoms with van der Waals surface area (Å²) in [4.78, 5) is 111. The van der Waals surface area contributed by atoms with E-state index in [1.54, 1.807) is 12.1 Å². The van der Waals surface area contributed by atoms with Crippen LogP contribution < -0.4 is 21.9 Å². The first-order valence-electron chi connectivity index (χ1n) is 15.4. The third-order valence-corrected chi connectivity index (χ3v) is 7.41. The number of amides is 3. The summed E-state index contributed by atoms with van der Waals surface area (Å²) in [5.41, 5.74) is 14.1. The number of carboxylic acid groups (broad SMARTS) is 3. The Kier molecular flexibility index (Phi) is 17.9. The van der Waals surface area contributed by atoms with Gasteiger partial charge < -0.3 is 70.3 Å². The summed E-state index contributed by atoms with van der Waals surface area (Å²) in [5.74, 6) is -8.94. The number of Topliss-reactive ketones (excluding diaryl/α,β-unsaturated/α-hetero) is 1. The van der Waals surface area contributed by atoms with Crippen molar-refractivity contribution < 1.29 is 72.7 Å². The number of nitrogens with one attached hydrogen (secondary N) is 4. The fourth-order valence-electron chi connectivity index (χ4n) is 4.35. The Hall–Kier alpha value is -5.71. The van der Waals surface area contributed by atoms with Crippen LogP contribution in [0.5, 0.6) is 0 Å². The van der Waals surface area contributed by atoms with E-state index in [4.69, 9.17) is 25.2 Å². The quantitative estimate of drug-likeness (QED) is 0.0756. The van der Waals surface area contributed by atoms with Gasteiger partial charge in [-0.2, -0.15) is 10.7 Å². The second kappa shape index (κ2) is 21.7. The number of aromatic nitrogens is 4. The maximum absolute atomic E-state index is 12.8. The van der Waals surface area contributed by atoms with E-state index in [-0.39, 0.29) is 49.9 Å². The SMILES string of the molecule is [HH].[NH-][C@@H](CCC(=O)CC[C@@H](NC(=O)c1ccc(NCc2cnc3nc(N)[nH]c(=O)c3n2)cc1)C(=O)O)C(=O)[N-][C@@H](CC(=O)O)C(=O)[N-][C@@H](C[S-])C(=O)O.[O]=[99Tc+4]. The van der Waals surface area contributed by atoms with Gasteiger partial charge >= 0.3 is 34.3 Å². The molecule has 0 unspecified atom stereocenters. The molecule has 22 nitrogen and oxygen atoms in total. The molecular weight excluding hydrogens is 823 g/mol. The molecule has 0 aliphatic rings. The van der Waals surface area contributed by atoms with Crippen LogP contribution in [0.3, 0.4) is 0 Å². The van der Waals surface area contributed by atoms with Crippen molar-refractivity contribution in [3.8, 4) is 0 Å². The number of carbonyl (C=O) groups is 7. The molecule has 0 saturated carbocycles. The van der Waals surface area contributed by atoms with Crippen molar-refractivity contribution in [3.05, 3.63) is 68.4 Å². The first kappa shape index (κ1) is 44.5. The number of benzene rings is 1. The molecule has 54 heavy (non-hydrogen) atoms. The maximum atomic E-state index is 12.8. The molecule has 9 N–H and O–H groups in total. The summed E-state index contributed by atoms with van der Waals surface area (Å²) in [6, 6.07) is -0.778. The molecule has 2 aromatic heterocycles. The molecule has 24 heteroatoms. The molecule has 0 aliphatic heterocycles. The number of anilines is 2. The molecule has 0 spiro atoms. The van der Waals surface area contributed by atoms with Crippen molar-refractivity contribution in [1.29, 1.82) is 0 Å². The fourth-order valence-corrected chi connectivity index (χ4v) is 4.56. The molecule has 2 heterocycles. The van der Waals surface area contributed by atoms with Crippen molar-refractivity contribution in [2.24, 2.45) is 0 Å². The third-order valence-electron chi connectivity index (χ3n) is 7.09. The van der Waals surface area contributed by atoms with Gasteiger partial charge in [0.25, 0.3) is 17.4 Å². The average Bonchev–Trinajstić information content (AvgIpc) is 3.13. The van der Waals surface area contributed by atoms with Gasteiger partial charge in [0.05, 0.1) is 18.4 Å². The Morgan fingerprint density at radius 1 is 0.944 bits per heavy atom. The van der Waals surface area contributed by atoms with Crippen LogP contribution in [0.2, 0.25) is 0 Å². The summed E-state index contributed by atoms with van der Waals surface area (Å²) in [7, 11) is 0. The second-order valence-electron chi connectivity index (χ2n) is 11.0. The summed E-state index contributed by atoms with van der Waals surface area (Å²) in [6.45, 7) is 0.156. The third kappa shape index (κ3) is 14.0. The topological polar surface area (TPSA) is 371 Å². The van der Waals surface area contributed by atoms with Crippen LogP contribution in [0, 0.1) is 0 Å². The molecule has 0 radical (unpaired) electrons. The molecule has 0 bridgehead atoms. The minimum absolute atomic E-state index is 0. The molecular formula is C30H34N10O12STc.